The summed E-state index contributed by atoms with van der Waals surface area (Å²) in [6.07, 6.45) is 0. The largest absolute Gasteiger partial charge is 0.0587 e. The fraction of sp³-hybridized carbons (Fsp3) is 0.273. The lowest BCUT2D eigenvalue weighted by Gasteiger charge is -2.22. The quantitative estimate of drug-likeness (QED) is 0.470. The van der Waals surface area contributed by atoms with Crippen molar-refractivity contribution >= 4 is 10.8 Å². The molecule has 0 heteroatoms. The van der Waals surface area contributed by atoms with Crippen molar-refractivity contribution in [2.75, 3.05) is 0 Å². The molecule has 0 spiro atoms. The molecule has 0 bridgehead atoms. The van der Waals surface area contributed by atoms with E-state index in [9.17, 15) is 0 Å². The Kier molecular flexibility index (Phi) is 2.61. The summed E-state index contributed by atoms with van der Waals surface area (Å²) in [5.41, 5.74) is 9.95. The lowest BCUT2D eigenvalue weighted by molar-refractivity contribution is 0.659. The van der Waals surface area contributed by atoms with Crippen molar-refractivity contribution in [2.24, 2.45) is 0 Å². The van der Waals surface area contributed by atoms with E-state index in [0.717, 1.165) is 0 Å². The molecule has 0 saturated heterocycles. The van der Waals surface area contributed by atoms with E-state index in [0.29, 0.717) is 0 Å². The van der Waals surface area contributed by atoms with E-state index < -0.39 is 0 Å². The molecule has 22 heavy (non-hydrogen) atoms. The molecule has 4 rings (SSSR count). The number of fused-ring (bicyclic) bond motifs is 5. The second-order valence-electron chi connectivity index (χ2n) is 7.34. The molecule has 0 nitrogen and oxygen atoms in total. The molecule has 0 aromatic heterocycles. The van der Waals surface area contributed by atoms with Crippen LogP contribution in [0.3, 0.4) is 0 Å². The van der Waals surface area contributed by atoms with E-state index >= 15 is 0 Å². The first-order valence-electron chi connectivity index (χ1n) is 8.05. The zero-order valence-electron chi connectivity index (χ0n) is 14.0. The van der Waals surface area contributed by atoms with E-state index in [1.807, 2.05) is 0 Å². The van der Waals surface area contributed by atoms with Crippen LogP contribution in [0, 0.1) is 20.8 Å². The van der Waals surface area contributed by atoms with Crippen LogP contribution < -0.4 is 0 Å². The van der Waals surface area contributed by atoms with Gasteiger partial charge in [-0.05, 0) is 59.4 Å². The Morgan fingerprint density at radius 1 is 0.682 bits per heavy atom. The highest BCUT2D eigenvalue weighted by Crippen LogP contribution is 2.52. The summed E-state index contributed by atoms with van der Waals surface area (Å²) in [5.74, 6) is 0. The van der Waals surface area contributed by atoms with Gasteiger partial charge in [0.2, 0.25) is 0 Å². The zero-order valence-corrected chi connectivity index (χ0v) is 14.0. The molecule has 0 aliphatic heterocycles. The van der Waals surface area contributed by atoms with Gasteiger partial charge in [0.05, 0.1) is 0 Å². The van der Waals surface area contributed by atoms with Crippen molar-refractivity contribution in [3.8, 4) is 11.1 Å². The maximum atomic E-state index is 2.41. The van der Waals surface area contributed by atoms with Gasteiger partial charge in [-0.15, -0.1) is 0 Å². The lowest BCUT2D eigenvalue weighted by Crippen LogP contribution is -2.15. The highest BCUT2D eigenvalue weighted by Gasteiger charge is 2.36. The van der Waals surface area contributed by atoms with E-state index in [2.05, 4.69) is 77.1 Å². The number of hydrogen-bond donors (Lipinski definition) is 0. The minimum atomic E-state index is 0.0827. The third-order valence-electron chi connectivity index (χ3n) is 5.29. The van der Waals surface area contributed by atoms with E-state index in [1.54, 1.807) is 0 Å². The van der Waals surface area contributed by atoms with Gasteiger partial charge in [-0.1, -0.05) is 67.4 Å². The highest BCUT2D eigenvalue weighted by atomic mass is 14.4. The fourth-order valence-corrected chi connectivity index (χ4v) is 4.04. The summed E-state index contributed by atoms with van der Waals surface area (Å²) >= 11 is 0. The van der Waals surface area contributed by atoms with Crippen LogP contribution >= 0.6 is 0 Å². The Hall–Kier alpha value is -2.08. The molecule has 0 saturated carbocycles. The molecule has 0 atom stereocenters. The first-order chi connectivity index (χ1) is 10.4. The molecule has 1 aliphatic rings. The normalized spacial score (nSPS) is 15.0. The fourth-order valence-electron chi connectivity index (χ4n) is 4.04. The average molecular weight is 286 g/mol. The van der Waals surface area contributed by atoms with Crippen LogP contribution in [0.4, 0.5) is 0 Å². The minimum Gasteiger partial charge on any atom is -0.0587 e. The molecule has 3 aromatic rings. The van der Waals surface area contributed by atoms with E-state index in [-0.39, 0.29) is 5.41 Å². The van der Waals surface area contributed by atoms with Gasteiger partial charge in [0.15, 0.2) is 0 Å². The predicted molar refractivity (Wildman–Crippen MR) is 95.7 cm³/mol. The minimum absolute atomic E-state index is 0.0827. The highest BCUT2D eigenvalue weighted by molar-refractivity contribution is 6.04. The SMILES string of the molecule is Cc1ccc2c(c1)C(C)(C)c1cc(C)c3ccc(C)cc3c1-2. The van der Waals surface area contributed by atoms with Crippen molar-refractivity contribution < 1.29 is 0 Å². The second kappa shape index (κ2) is 4.23. The van der Waals surface area contributed by atoms with Crippen LogP contribution in [0.5, 0.6) is 0 Å². The molecular formula is C22H22. The first kappa shape index (κ1) is 13.6. The molecule has 0 amide bonds. The lowest BCUT2D eigenvalue weighted by atomic mass is 9.81. The Morgan fingerprint density at radius 3 is 2.14 bits per heavy atom. The number of rotatable bonds is 0. The van der Waals surface area contributed by atoms with Crippen LogP contribution in [0.15, 0.2) is 42.5 Å². The van der Waals surface area contributed by atoms with Crippen LogP contribution in [-0.4, -0.2) is 0 Å². The molecular weight excluding hydrogens is 264 g/mol. The number of hydrogen-bond acceptors (Lipinski definition) is 0. The van der Waals surface area contributed by atoms with Gasteiger partial charge in [-0.3, -0.25) is 0 Å². The number of benzene rings is 3. The van der Waals surface area contributed by atoms with Crippen LogP contribution in [-0.2, 0) is 5.41 Å². The topological polar surface area (TPSA) is 0 Å². The molecule has 0 fully saturated rings. The maximum Gasteiger partial charge on any atom is 0.0159 e. The summed E-state index contributed by atoms with van der Waals surface area (Å²) in [6, 6.07) is 16.2. The standard InChI is InChI=1S/C22H22/c1-13-6-8-16-15(3)12-20-21(18(16)10-13)17-9-7-14(2)11-19(17)22(20,4)5/h6-12H,1-5H3. The Balaban J connectivity index is 2.22. The van der Waals surface area contributed by atoms with Crippen molar-refractivity contribution in [3.63, 3.8) is 0 Å². The van der Waals surface area contributed by atoms with Gasteiger partial charge in [0.25, 0.3) is 0 Å². The van der Waals surface area contributed by atoms with Crippen molar-refractivity contribution in [3.05, 3.63) is 70.3 Å². The number of aryl methyl sites for hydroxylation is 3. The van der Waals surface area contributed by atoms with Crippen molar-refractivity contribution in [2.45, 2.75) is 40.0 Å². The van der Waals surface area contributed by atoms with Crippen molar-refractivity contribution in [1.82, 2.24) is 0 Å². The Bertz CT molecular complexity index is 926. The molecule has 3 aromatic carbocycles. The Labute approximate surface area is 132 Å². The molecule has 0 unspecified atom stereocenters. The molecule has 0 N–H and O–H groups in total. The van der Waals surface area contributed by atoms with Gasteiger partial charge in [0, 0.05) is 5.41 Å². The summed E-state index contributed by atoms with van der Waals surface area (Å²) in [5, 5.41) is 2.79. The molecule has 110 valence electrons. The van der Waals surface area contributed by atoms with Gasteiger partial charge in [-0.25, -0.2) is 0 Å². The average Bonchev–Trinajstić information content (AvgIpc) is 2.68. The zero-order chi connectivity index (χ0) is 15.6. The molecule has 0 radical (unpaired) electrons. The third-order valence-corrected chi connectivity index (χ3v) is 5.29. The first-order valence-corrected chi connectivity index (χ1v) is 8.05. The monoisotopic (exact) mass is 286 g/mol. The predicted octanol–water partition coefficient (Wildman–Crippen LogP) is 6.07. The molecule has 0 heterocycles. The summed E-state index contributed by atoms with van der Waals surface area (Å²) in [6.45, 7) is 11.3. The second-order valence-corrected chi connectivity index (χ2v) is 7.34. The maximum absolute atomic E-state index is 2.41. The summed E-state index contributed by atoms with van der Waals surface area (Å²) in [4.78, 5) is 0. The van der Waals surface area contributed by atoms with Gasteiger partial charge in [0.1, 0.15) is 0 Å². The third kappa shape index (κ3) is 1.64. The van der Waals surface area contributed by atoms with Crippen LogP contribution in [0.25, 0.3) is 21.9 Å². The smallest absolute Gasteiger partial charge is 0.0159 e. The van der Waals surface area contributed by atoms with Crippen LogP contribution in [0.1, 0.15) is 41.7 Å². The Morgan fingerprint density at radius 2 is 1.36 bits per heavy atom. The van der Waals surface area contributed by atoms with E-state index in [4.69, 9.17) is 0 Å². The molecule has 1 aliphatic carbocycles. The summed E-state index contributed by atoms with van der Waals surface area (Å²) < 4.78 is 0. The van der Waals surface area contributed by atoms with Crippen molar-refractivity contribution in [1.29, 1.82) is 0 Å². The summed E-state index contributed by atoms with van der Waals surface area (Å²) in [7, 11) is 0. The van der Waals surface area contributed by atoms with E-state index in [1.165, 1.54) is 49.7 Å². The van der Waals surface area contributed by atoms with Crippen LogP contribution in [0.2, 0.25) is 0 Å². The van der Waals surface area contributed by atoms with Gasteiger partial charge >= 0.3 is 0 Å². The van der Waals surface area contributed by atoms with Gasteiger partial charge < -0.3 is 0 Å². The van der Waals surface area contributed by atoms with Gasteiger partial charge in [-0.2, -0.15) is 0 Å².